The molecule has 0 saturated carbocycles. The van der Waals surface area contributed by atoms with Crippen LogP contribution >= 0.6 is 23.2 Å². The molecule has 0 aliphatic rings. The summed E-state index contributed by atoms with van der Waals surface area (Å²) in [6, 6.07) is 6.06. The Kier molecular flexibility index (Phi) is 5.34. The summed E-state index contributed by atoms with van der Waals surface area (Å²) in [5, 5.41) is 4.89. The number of rotatable bonds is 4. The minimum atomic E-state index is 0.0732. The summed E-state index contributed by atoms with van der Waals surface area (Å²) in [6.07, 6.45) is 1.10. The van der Waals surface area contributed by atoms with Crippen molar-refractivity contribution in [1.29, 1.82) is 0 Å². The summed E-state index contributed by atoms with van der Waals surface area (Å²) in [7, 11) is 0. The van der Waals surface area contributed by atoms with E-state index >= 15 is 0 Å². The Bertz CT molecular complexity index is 433. The van der Waals surface area contributed by atoms with E-state index in [-0.39, 0.29) is 11.6 Å². The standard InChI is InChI=1S/C16H25Cl2N/c1-11(12-7-8-13(17)14(18)9-12)19-16(5,6)10-15(2,3)4/h7-9,11,19H,10H2,1-6H3. The average molecular weight is 302 g/mol. The lowest BCUT2D eigenvalue weighted by Gasteiger charge is -2.36. The number of hydrogen-bond acceptors (Lipinski definition) is 1. The molecular weight excluding hydrogens is 277 g/mol. The van der Waals surface area contributed by atoms with Gasteiger partial charge >= 0.3 is 0 Å². The fraction of sp³-hybridized carbons (Fsp3) is 0.625. The third-order valence-corrected chi connectivity index (χ3v) is 3.76. The zero-order chi connectivity index (χ0) is 14.8. The lowest BCUT2D eigenvalue weighted by atomic mass is 9.81. The maximum absolute atomic E-state index is 6.08. The Labute approximate surface area is 127 Å². The van der Waals surface area contributed by atoms with Crippen LogP contribution in [-0.2, 0) is 0 Å². The fourth-order valence-electron chi connectivity index (χ4n) is 2.83. The van der Waals surface area contributed by atoms with Gasteiger partial charge in [-0.05, 0) is 50.3 Å². The van der Waals surface area contributed by atoms with Gasteiger partial charge in [-0.3, -0.25) is 0 Å². The molecule has 0 spiro atoms. The highest BCUT2D eigenvalue weighted by molar-refractivity contribution is 6.42. The van der Waals surface area contributed by atoms with Gasteiger partial charge in [0.15, 0.2) is 0 Å². The van der Waals surface area contributed by atoms with Crippen LogP contribution in [0.15, 0.2) is 18.2 Å². The van der Waals surface area contributed by atoms with Gasteiger partial charge in [-0.25, -0.2) is 0 Å². The topological polar surface area (TPSA) is 12.0 Å². The summed E-state index contributed by atoms with van der Waals surface area (Å²) in [4.78, 5) is 0. The Hall–Kier alpha value is -0.240. The van der Waals surface area contributed by atoms with Crippen molar-refractivity contribution in [2.24, 2.45) is 5.41 Å². The van der Waals surface area contributed by atoms with Crippen molar-refractivity contribution < 1.29 is 0 Å². The van der Waals surface area contributed by atoms with E-state index < -0.39 is 0 Å². The molecule has 0 saturated heterocycles. The Morgan fingerprint density at radius 2 is 1.63 bits per heavy atom. The molecule has 1 rings (SSSR count). The lowest BCUT2D eigenvalue weighted by Crippen LogP contribution is -2.43. The van der Waals surface area contributed by atoms with Crippen LogP contribution in [0.2, 0.25) is 10.0 Å². The first-order valence-corrected chi connectivity index (χ1v) is 7.48. The van der Waals surface area contributed by atoms with E-state index in [0.717, 1.165) is 12.0 Å². The number of nitrogens with one attached hydrogen (secondary N) is 1. The monoisotopic (exact) mass is 301 g/mol. The van der Waals surface area contributed by atoms with Crippen molar-refractivity contribution in [3.8, 4) is 0 Å². The molecule has 3 heteroatoms. The third-order valence-electron chi connectivity index (χ3n) is 3.02. The Morgan fingerprint density at radius 3 is 2.11 bits per heavy atom. The Balaban J connectivity index is 2.78. The molecule has 1 nitrogen and oxygen atoms in total. The van der Waals surface area contributed by atoms with Crippen LogP contribution in [0.4, 0.5) is 0 Å². The van der Waals surface area contributed by atoms with Crippen molar-refractivity contribution in [3.63, 3.8) is 0 Å². The molecule has 19 heavy (non-hydrogen) atoms. The van der Waals surface area contributed by atoms with Gasteiger partial charge in [-0.2, -0.15) is 0 Å². The predicted octanol–water partition coefficient (Wildman–Crippen LogP) is 5.86. The van der Waals surface area contributed by atoms with Crippen LogP contribution in [0.3, 0.4) is 0 Å². The second-order valence-corrected chi connectivity index (χ2v) is 7.98. The van der Waals surface area contributed by atoms with Gasteiger partial charge in [0.1, 0.15) is 0 Å². The summed E-state index contributed by atoms with van der Waals surface area (Å²) < 4.78 is 0. The minimum absolute atomic E-state index is 0.0732. The first-order valence-electron chi connectivity index (χ1n) is 6.73. The number of halogens is 2. The second kappa shape index (κ2) is 6.03. The summed E-state index contributed by atoms with van der Waals surface area (Å²) >= 11 is 12.0. The smallest absolute Gasteiger partial charge is 0.0595 e. The molecule has 0 aromatic heterocycles. The van der Waals surface area contributed by atoms with Crippen LogP contribution in [0.1, 0.15) is 59.6 Å². The van der Waals surface area contributed by atoms with Crippen LogP contribution in [-0.4, -0.2) is 5.54 Å². The van der Waals surface area contributed by atoms with Crippen LogP contribution in [0.25, 0.3) is 0 Å². The van der Waals surface area contributed by atoms with Gasteiger partial charge < -0.3 is 5.32 Å². The third kappa shape index (κ3) is 5.72. The second-order valence-electron chi connectivity index (χ2n) is 7.16. The summed E-state index contributed by atoms with van der Waals surface area (Å²) in [5.74, 6) is 0. The highest BCUT2D eigenvalue weighted by Gasteiger charge is 2.26. The molecule has 1 unspecified atom stereocenters. The molecule has 0 heterocycles. The SMILES string of the molecule is CC(NC(C)(C)CC(C)(C)C)c1ccc(Cl)c(Cl)c1. The van der Waals surface area contributed by atoms with E-state index in [2.05, 4.69) is 46.9 Å². The van der Waals surface area contributed by atoms with E-state index in [1.807, 2.05) is 18.2 Å². The molecule has 0 amide bonds. The number of hydrogen-bond donors (Lipinski definition) is 1. The van der Waals surface area contributed by atoms with Crippen LogP contribution < -0.4 is 5.32 Å². The zero-order valence-corrected chi connectivity index (χ0v) is 14.3. The molecule has 0 aliphatic heterocycles. The first kappa shape index (κ1) is 16.8. The van der Waals surface area contributed by atoms with Crippen molar-refractivity contribution in [2.75, 3.05) is 0 Å². The summed E-state index contributed by atoms with van der Waals surface area (Å²) in [5.41, 5.74) is 1.54. The fourth-order valence-corrected chi connectivity index (χ4v) is 3.13. The van der Waals surface area contributed by atoms with Gasteiger partial charge in [0.05, 0.1) is 10.0 Å². The minimum Gasteiger partial charge on any atom is -0.305 e. The molecule has 0 fully saturated rings. The molecule has 108 valence electrons. The molecule has 0 bridgehead atoms. The van der Waals surface area contributed by atoms with Crippen molar-refractivity contribution >= 4 is 23.2 Å². The van der Waals surface area contributed by atoms with E-state index in [4.69, 9.17) is 23.2 Å². The molecule has 1 aromatic carbocycles. The largest absolute Gasteiger partial charge is 0.305 e. The highest BCUT2D eigenvalue weighted by atomic mass is 35.5. The molecule has 1 N–H and O–H groups in total. The molecule has 0 aliphatic carbocycles. The van der Waals surface area contributed by atoms with Gasteiger partial charge in [0, 0.05) is 11.6 Å². The average Bonchev–Trinajstić information content (AvgIpc) is 2.17. The maximum Gasteiger partial charge on any atom is 0.0595 e. The molecule has 0 radical (unpaired) electrons. The van der Waals surface area contributed by atoms with Crippen LogP contribution in [0, 0.1) is 5.41 Å². The zero-order valence-electron chi connectivity index (χ0n) is 12.8. The van der Waals surface area contributed by atoms with Gasteiger partial charge in [0.25, 0.3) is 0 Å². The highest BCUT2D eigenvalue weighted by Crippen LogP contribution is 2.30. The Morgan fingerprint density at radius 1 is 1.05 bits per heavy atom. The maximum atomic E-state index is 6.08. The molecular formula is C16H25Cl2N. The van der Waals surface area contributed by atoms with Crippen molar-refractivity contribution in [2.45, 2.75) is 59.5 Å². The van der Waals surface area contributed by atoms with Crippen molar-refractivity contribution in [1.82, 2.24) is 5.32 Å². The normalized spacial score (nSPS) is 14.5. The predicted molar refractivity (Wildman–Crippen MR) is 86.2 cm³/mol. The van der Waals surface area contributed by atoms with E-state index in [9.17, 15) is 0 Å². The van der Waals surface area contributed by atoms with E-state index in [1.54, 1.807) is 0 Å². The number of benzene rings is 1. The first-order chi connectivity index (χ1) is 8.50. The molecule has 1 atom stereocenters. The van der Waals surface area contributed by atoms with Gasteiger partial charge in [0.2, 0.25) is 0 Å². The van der Waals surface area contributed by atoms with E-state index in [1.165, 1.54) is 0 Å². The van der Waals surface area contributed by atoms with Crippen LogP contribution in [0.5, 0.6) is 0 Å². The van der Waals surface area contributed by atoms with Crippen molar-refractivity contribution in [3.05, 3.63) is 33.8 Å². The lowest BCUT2D eigenvalue weighted by molar-refractivity contribution is 0.227. The van der Waals surface area contributed by atoms with Gasteiger partial charge in [-0.1, -0.05) is 50.0 Å². The quantitative estimate of drug-likeness (QED) is 0.734. The van der Waals surface area contributed by atoms with E-state index in [0.29, 0.717) is 15.5 Å². The van der Waals surface area contributed by atoms with Gasteiger partial charge in [-0.15, -0.1) is 0 Å². The summed E-state index contributed by atoms with van der Waals surface area (Å²) in [6.45, 7) is 13.4. The molecule has 1 aromatic rings.